The molecule has 0 bridgehead atoms. The number of rotatable bonds is 5. The Bertz CT molecular complexity index is 1780. The summed E-state index contributed by atoms with van der Waals surface area (Å²) in [5, 5.41) is 13.8. The van der Waals surface area contributed by atoms with Gasteiger partial charge in [-0.15, -0.1) is 17.7 Å². The first-order chi connectivity index (χ1) is 17.9. The molecule has 6 rings (SSSR count). The van der Waals surface area contributed by atoms with E-state index in [1.54, 1.807) is 18.6 Å². The summed E-state index contributed by atoms with van der Waals surface area (Å²) in [5.74, 6) is 2.42. The van der Waals surface area contributed by atoms with Crippen LogP contribution in [0, 0.1) is 6.07 Å². The van der Waals surface area contributed by atoms with E-state index in [1.807, 2.05) is 30.3 Å². The molecule has 0 saturated heterocycles. The van der Waals surface area contributed by atoms with Gasteiger partial charge >= 0.3 is 0 Å². The van der Waals surface area contributed by atoms with E-state index in [9.17, 15) is 5.11 Å². The van der Waals surface area contributed by atoms with Gasteiger partial charge in [-0.25, -0.2) is 15.0 Å². The Hall–Kier alpha value is -3.76. The van der Waals surface area contributed by atoms with Crippen molar-refractivity contribution in [2.75, 3.05) is 0 Å². The van der Waals surface area contributed by atoms with Crippen molar-refractivity contribution in [3.05, 3.63) is 90.4 Å². The Morgan fingerprint density at radius 3 is 2.50 bits per heavy atom. The molecule has 6 nitrogen and oxygen atoms in total. The van der Waals surface area contributed by atoms with Crippen LogP contribution in [0.5, 0.6) is 17.4 Å². The fraction of sp³-hybridized carbons (Fsp3) is 0.194. The molecule has 0 aliphatic rings. The molecule has 0 fully saturated rings. The molecule has 0 unspecified atom stereocenters. The summed E-state index contributed by atoms with van der Waals surface area (Å²) in [4.78, 5) is 13.2. The van der Waals surface area contributed by atoms with E-state index in [0.717, 1.165) is 44.1 Å². The van der Waals surface area contributed by atoms with E-state index in [0.29, 0.717) is 23.1 Å². The number of ether oxygens (including phenoxy) is 1. The minimum absolute atomic E-state index is 0. The van der Waals surface area contributed by atoms with Crippen LogP contribution in [0.4, 0.5) is 0 Å². The number of nitrogens with zero attached hydrogens (tertiary/aromatic N) is 4. The topological polar surface area (TPSA) is 73.1 Å². The van der Waals surface area contributed by atoms with Crippen LogP contribution in [0.2, 0.25) is 0 Å². The van der Waals surface area contributed by atoms with E-state index in [4.69, 9.17) is 4.74 Å². The summed E-state index contributed by atoms with van der Waals surface area (Å²) >= 11 is 0. The summed E-state index contributed by atoms with van der Waals surface area (Å²) in [5.41, 5.74) is 4.66. The van der Waals surface area contributed by atoms with Gasteiger partial charge in [0.1, 0.15) is 23.4 Å². The van der Waals surface area contributed by atoms with Crippen molar-refractivity contribution in [2.45, 2.75) is 39.5 Å². The van der Waals surface area contributed by atoms with Crippen LogP contribution in [0.1, 0.15) is 50.7 Å². The number of hydrogen-bond acceptors (Lipinski definition) is 5. The average molecular weight is 683 g/mol. The summed E-state index contributed by atoms with van der Waals surface area (Å²) in [6, 6.07) is 23.3. The maximum atomic E-state index is 10.7. The van der Waals surface area contributed by atoms with E-state index >= 15 is 0 Å². The third-order valence-corrected chi connectivity index (χ3v) is 6.76. The summed E-state index contributed by atoms with van der Waals surface area (Å²) in [6.45, 7) is 8.55. The van der Waals surface area contributed by atoms with Gasteiger partial charge in [-0.1, -0.05) is 56.8 Å². The van der Waals surface area contributed by atoms with Gasteiger partial charge in [-0.2, -0.15) is 0 Å². The van der Waals surface area contributed by atoms with Gasteiger partial charge in [0.15, 0.2) is 0 Å². The van der Waals surface area contributed by atoms with Crippen LogP contribution in [0.25, 0.3) is 38.5 Å². The molecule has 7 heteroatoms. The van der Waals surface area contributed by atoms with E-state index in [2.05, 4.69) is 77.5 Å². The predicted octanol–water partition coefficient (Wildman–Crippen LogP) is 7.66. The van der Waals surface area contributed by atoms with Crippen molar-refractivity contribution < 1.29 is 30.9 Å². The van der Waals surface area contributed by atoms with Crippen molar-refractivity contribution >= 4 is 32.7 Å². The first-order valence-corrected chi connectivity index (χ1v) is 12.5. The number of para-hydroxylation sites is 1. The molecule has 6 aromatic rings. The summed E-state index contributed by atoms with van der Waals surface area (Å²) in [6.07, 6.45) is 3.29. The molecule has 0 spiro atoms. The van der Waals surface area contributed by atoms with Gasteiger partial charge in [0.25, 0.3) is 0 Å². The number of fused-ring (bicyclic) bond motifs is 4. The zero-order valence-electron chi connectivity index (χ0n) is 21.5. The predicted molar refractivity (Wildman–Crippen MR) is 147 cm³/mol. The van der Waals surface area contributed by atoms with Gasteiger partial charge in [0, 0.05) is 50.0 Å². The minimum atomic E-state index is 0. The SMILES string of the molecule is CC(C)c1cc(O)c2nc(Oc3[c-]c4c(c(C(C)C)c3)c3ccccc3n4-c3ccncn3)ccc2c1.[Pt]. The molecule has 194 valence electrons. The second-order valence-electron chi connectivity index (χ2n) is 9.91. The normalized spacial score (nSPS) is 11.5. The molecule has 0 atom stereocenters. The molecule has 0 aliphatic heterocycles. The molecule has 3 aromatic heterocycles. The number of benzene rings is 3. The molecule has 38 heavy (non-hydrogen) atoms. The smallest absolute Gasteiger partial charge is 0.217 e. The first-order valence-electron chi connectivity index (χ1n) is 12.5. The van der Waals surface area contributed by atoms with Crippen molar-refractivity contribution in [2.24, 2.45) is 0 Å². The molecular formula is C31H27N4O2Pt-. The standard InChI is InChI=1S/C31H27N4O2.Pt/c1-18(2)21-13-20-9-10-29(34-31(20)27(36)14-21)37-22-15-24(19(3)4)30-23-7-5-6-8-25(23)35(26(30)16-22)28-11-12-32-17-33-28;/h5-15,17-19,36H,1-4H3;/q-1;. The summed E-state index contributed by atoms with van der Waals surface area (Å²) in [7, 11) is 0. The van der Waals surface area contributed by atoms with Crippen molar-refractivity contribution in [3.8, 4) is 23.2 Å². The van der Waals surface area contributed by atoms with E-state index in [-0.39, 0.29) is 32.7 Å². The molecule has 0 amide bonds. The molecule has 0 saturated carbocycles. The number of phenolic OH excluding ortho intramolecular Hbond substituents is 1. The number of phenols is 1. The van der Waals surface area contributed by atoms with Crippen LogP contribution < -0.4 is 4.74 Å². The van der Waals surface area contributed by atoms with Crippen molar-refractivity contribution in [1.82, 2.24) is 19.5 Å². The van der Waals surface area contributed by atoms with Gasteiger partial charge in [0.05, 0.1) is 0 Å². The molecular weight excluding hydrogens is 655 g/mol. The third kappa shape index (κ3) is 4.43. The Labute approximate surface area is 235 Å². The first kappa shape index (κ1) is 25.9. The second kappa shape index (κ2) is 10.2. The summed E-state index contributed by atoms with van der Waals surface area (Å²) < 4.78 is 8.38. The van der Waals surface area contributed by atoms with Crippen LogP contribution in [0.3, 0.4) is 0 Å². The third-order valence-electron chi connectivity index (χ3n) is 6.76. The molecule has 1 N–H and O–H groups in total. The van der Waals surface area contributed by atoms with Gasteiger partial charge < -0.3 is 14.4 Å². The van der Waals surface area contributed by atoms with Crippen LogP contribution in [0.15, 0.2) is 73.2 Å². The Kier molecular flexibility index (Phi) is 6.93. The molecule has 3 heterocycles. The number of aromatic nitrogens is 4. The largest absolute Gasteiger partial charge is 0.506 e. The van der Waals surface area contributed by atoms with Gasteiger partial charge in [0.2, 0.25) is 5.88 Å². The Morgan fingerprint density at radius 1 is 0.947 bits per heavy atom. The van der Waals surface area contributed by atoms with Crippen molar-refractivity contribution in [3.63, 3.8) is 0 Å². The molecule has 3 aromatic carbocycles. The van der Waals surface area contributed by atoms with Crippen LogP contribution in [-0.4, -0.2) is 24.6 Å². The van der Waals surface area contributed by atoms with Crippen LogP contribution >= 0.6 is 0 Å². The maximum absolute atomic E-state index is 10.7. The Morgan fingerprint density at radius 2 is 1.76 bits per heavy atom. The zero-order valence-corrected chi connectivity index (χ0v) is 23.8. The fourth-order valence-corrected chi connectivity index (χ4v) is 4.90. The zero-order chi connectivity index (χ0) is 25.7. The fourth-order valence-electron chi connectivity index (χ4n) is 4.90. The molecule has 0 radical (unpaired) electrons. The second-order valence-corrected chi connectivity index (χ2v) is 9.91. The van der Waals surface area contributed by atoms with E-state index in [1.165, 1.54) is 0 Å². The van der Waals surface area contributed by atoms with Crippen molar-refractivity contribution in [1.29, 1.82) is 0 Å². The molecule has 0 aliphatic carbocycles. The minimum Gasteiger partial charge on any atom is -0.506 e. The number of hydrogen-bond donors (Lipinski definition) is 1. The van der Waals surface area contributed by atoms with Crippen LogP contribution in [-0.2, 0) is 21.1 Å². The maximum Gasteiger partial charge on any atom is 0.217 e. The quantitative estimate of drug-likeness (QED) is 0.189. The van der Waals surface area contributed by atoms with Gasteiger partial charge in [-0.05, 0) is 53.1 Å². The van der Waals surface area contributed by atoms with Gasteiger partial charge in [-0.3, -0.25) is 0 Å². The monoisotopic (exact) mass is 682 g/mol. The average Bonchev–Trinajstić information content (AvgIpc) is 3.23. The number of pyridine rings is 1. The number of aromatic hydroxyl groups is 1. The Balaban J connectivity index is 0.00000294. The van der Waals surface area contributed by atoms with E-state index < -0.39 is 0 Å².